The van der Waals surface area contributed by atoms with Crippen molar-refractivity contribution < 1.29 is 152 Å². The van der Waals surface area contributed by atoms with Crippen molar-refractivity contribution in [3.63, 3.8) is 0 Å². The van der Waals surface area contributed by atoms with Gasteiger partial charge < -0.3 is 136 Å². The molecule has 436 valence electrons. The topological polar surface area (TPSA) is 541 Å². The highest BCUT2D eigenvalue weighted by Crippen LogP contribution is 2.48. The van der Waals surface area contributed by atoms with Gasteiger partial charge >= 0.3 is 15.6 Å². The molecule has 5 aliphatic rings. The number of rotatable bonds is 26. The van der Waals surface area contributed by atoms with E-state index in [9.17, 15) is 95.5 Å². The monoisotopic (exact) mass is 1150 g/mol. The Morgan fingerprint density at radius 3 is 1.50 bits per heavy atom. The van der Waals surface area contributed by atoms with Crippen molar-refractivity contribution in [1.29, 1.82) is 0 Å². The van der Waals surface area contributed by atoms with Crippen molar-refractivity contribution in [2.75, 3.05) is 51.9 Å². The molecule has 1 aliphatic carbocycles. The van der Waals surface area contributed by atoms with Gasteiger partial charge in [-0.1, -0.05) is 12.8 Å². The Kier molecular flexibility index (Phi) is 25.1. The first-order chi connectivity index (χ1) is 34.8. The van der Waals surface area contributed by atoms with Crippen LogP contribution in [0.5, 0.6) is 0 Å². The number of nitrogens with two attached hydrogens (primary N) is 2. The predicted molar refractivity (Wildman–Crippen MR) is 239 cm³/mol. The number of aliphatic hydroxyl groups is 15. The molecule has 0 aromatic carbocycles. The lowest BCUT2D eigenvalue weighted by atomic mass is 9.84. The van der Waals surface area contributed by atoms with E-state index in [1.54, 1.807) is 0 Å². The number of phosphoric ester groups is 2. The summed E-state index contributed by atoms with van der Waals surface area (Å²) >= 11 is 4.11. The van der Waals surface area contributed by atoms with E-state index in [2.05, 4.69) is 17.2 Å². The van der Waals surface area contributed by atoms with Crippen molar-refractivity contribution in [1.82, 2.24) is 0 Å². The SMILES string of the molecule is NCCOP(=O)(O)OC[C@H]1O[C@H](OC[C@H]2O[C@H](O[C@H]3[C@H](O)[C@@H](N)[C@@H](O[C@@H]4[C@@H](O)[C@H](O)[C@@H](O)[C@@H](O)[C@H]4OP(=O)(O)OCCCCCCS)O[C@@H]3CO)[C@@H](O)[C@@H](O)[C@@H]2O)[C@@H](O[C@H]2O[C@H](CO)[C@@H](O)[C@H](O)[C@@H]2O)[C@@H](O)[C@@H]1O. The zero-order valence-electron chi connectivity index (χ0n) is 39.3. The molecule has 0 aromatic heterocycles. The molecule has 0 aromatic rings. The van der Waals surface area contributed by atoms with Gasteiger partial charge in [-0.2, -0.15) is 12.6 Å². The third kappa shape index (κ3) is 15.9. The van der Waals surface area contributed by atoms with E-state index >= 15 is 0 Å². The largest absolute Gasteiger partial charge is 0.472 e. The molecule has 0 bridgehead atoms. The second-order valence-corrected chi connectivity index (χ2v) is 21.3. The van der Waals surface area contributed by atoms with E-state index in [0.717, 1.165) is 12.8 Å². The van der Waals surface area contributed by atoms with Crippen LogP contribution in [0.1, 0.15) is 25.7 Å². The van der Waals surface area contributed by atoms with Crippen LogP contribution < -0.4 is 11.5 Å². The number of aliphatic hydroxyl groups excluding tert-OH is 15. The minimum Gasteiger partial charge on any atom is -0.394 e. The number of ether oxygens (including phenoxy) is 8. The molecule has 21 N–H and O–H groups in total. The molecule has 4 aliphatic heterocycles. The molecule has 2 unspecified atom stereocenters. The summed E-state index contributed by atoms with van der Waals surface area (Å²) in [5.74, 6) is 0.623. The van der Waals surface area contributed by atoms with E-state index in [0.29, 0.717) is 18.6 Å². The predicted octanol–water partition coefficient (Wildman–Crippen LogP) is -9.84. The minimum absolute atomic E-state index is 0.197. The molecule has 0 spiro atoms. The Morgan fingerprint density at radius 1 is 0.446 bits per heavy atom. The molecule has 28 atom stereocenters. The molecular weight excluding hydrogens is 1070 g/mol. The number of hydrogen-bond acceptors (Lipinski definition) is 32. The van der Waals surface area contributed by atoms with Crippen molar-refractivity contribution in [2.45, 2.75) is 185 Å². The molecule has 0 amide bonds. The van der Waals surface area contributed by atoms with Crippen LogP contribution in [-0.4, -0.2) is 298 Å². The lowest BCUT2D eigenvalue weighted by Crippen LogP contribution is -2.69. The van der Waals surface area contributed by atoms with Crippen LogP contribution in [0, 0.1) is 0 Å². The fourth-order valence-corrected chi connectivity index (χ4v) is 10.4. The fraction of sp³-hybridized carbons (Fsp3) is 1.00. The fourth-order valence-electron chi connectivity index (χ4n) is 8.47. The Balaban J connectivity index is 1.30. The Bertz CT molecular complexity index is 1780. The first-order valence-corrected chi connectivity index (χ1v) is 27.1. The van der Waals surface area contributed by atoms with E-state index in [4.69, 9.17) is 62.9 Å². The lowest BCUT2D eigenvalue weighted by molar-refractivity contribution is -0.377. The summed E-state index contributed by atoms with van der Waals surface area (Å²) in [6.07, 6.45) is -47.9. The van der Waals surface area contributed by atoms with Gasteiger partial charge in [0.2, 0.25) is 0 Å². The van der Waals surface area contributed by atoms with E-state index in [1.165, 1.54) is 0 Å². The third-order valence-electron chi connectivity index (χ3n) is 12.7. The van der Waals surface area contributed by atoms with Gasteiger partial charge in [0, 0.05) is 6.54 Å². The number of phosphoric acid groups is 2. The van der Waals surface area contributed by atoms with Crippen molar-refractivity contribution in [3.8, 4) is 0 Å². The van der Waals surface area contributed by atoms with Gasteiger partial charge in [-0.25, -0.2) is 9.13 Å². The summed E-state index contributed by atoms with van der Waals surface area (Å²) in [5.41, 5.74) is 11.6. The quantitative estimate of drug-likeness (QED) is 0.0217. The van der Waals surface area contributed by atoms with Gasteiger partial charge in [-0.15, -0.1) is 0 Å². The molecule has 36 heteroatoms. The zero-order valence-corrected chi connectivity index (χ0v) is 42.0. The van der Waals surface area contributed by atoms with Gasteiger partial charge in [-0.05, 0) is 18.6 Å². The van der Waals surface area contributed by atoms with Crippen LogP contribution in [0.3, 0.4) is 0 Å². The molecule has 1 saturated carbocycles. The molecular formula is C38H72N2O31P2S. The summed E-state index contributed by atoms with van der Waals surface area (Å²) in [6.45, 7) is -4.83. The highest BCUT2D eigenvalue weighted by atomic mass is 32.1. The maximum atomic E-state index is 13.0. The van der Waals surface area contributed by atoms with Gasteiger partial charge in [0.25, 0.3) is 0 Å². The highest BCUT2D eigenvalue weighted by Gasteiger charge is 2.57. The van der Waals surface area contributed by atoms with Crippen molar-refractivity contribution in [3.05, 3.63) is 0 Å². The average Bonchev–Trinajstić information content (AvgIpc) is 3.37. The molecule has 0 radical (unpaired) electrons. The Hall–Kier alpha value is -0.430. The summed E-state index contributed by atoms with van der Waals surface area (Å²) < 4.78 is 90.4. The molecule has 33 nitrogen and oxygen atoms in total. The summed E-state index contributed by atoms with van der Waals surface area (Å²) in [5, 5.41) is 161. The maximum Gasteiger partial charge on any atom is 0.472 e. The van der Waals surface area contributed by atoms with Crippen molar-refractivity contribution >= 4 is 28.3 Å². The van der Waals surface area contributed by atoms with Crippen molar-refractivity contribution in [2.24, 2.45) is 11.5 Å². The van der Waals surface area contributed by atoms with Crippen LogP contribution in [0.2, 0.25) is 0 Å². The van der Waals surface area contributed by atoms with E-state index < -0.39 is 208 Å². The zero-order chi connectivity index (χ0) is 55.0. The van der Waals surface area contributed by atoms with Crippen LogP contribution in [0.4, 0.5) is 0 Å². The smallest absolute Gasteiger partial charge is 0.394 e. The molecule has 5 rings (SSSR count). The summed E-state index contributed by atoms with van der Waals surface area (Å²) in [6, 6.07) is -1.81. The van der Waals surface area contributed by atoms with E-state index in [1.807, 2.05) is 0 Å². The van der Waals surface area contributed by atoms with Gasteiger partial charge in [0.05, 0.1) is 45.7 Å². The number of thiol groups is 1. The molecule has 5 fully saturated rings. The van der Waals surface area contributed by atoms with Gasteiger partial charge in [0.1, 0.15) is 128 Å². The molecule has 4 saturated heterocycles. The van der Waals surface area contributed by atoms with Gasteiger partial charge in [-0.3, -0.25) is 18.1 Å². The van der Waals surface area contributed by atoms with Crippen LogP contribution in [0.15, 0.2) is 0 Å². The first kappa shape index (κ1) is 64.4. The lowest BCUT2D eigenvalue weighted by Gasteiger charge is -2.49. The minimum atomic E-state index is -5.10. The van der Waals surface area contributed by atoms with Crippen LogP contribution in [-0.2, 0) is 65.1 Å². The maximum absolute atomic E-state index is 13.0. The summed E-state index contributed by atoms with van der Waals surface area (Å²) in [4.78, 5) is 20.5. The van der Waals surface area contributed by atoms with E-state index in [-0.39, 0.29) is 13.2 Å². The summed E-state index contributed by atoms with van der Waals surface area (Å²) in [7, 11) is -9.94. The molecule has 74 heavy (non-hydrogen) atoms. The van der Waals surface area contributed by atoms with Gasteiger partial charge in [0.15, 0.2) is 25.2 Å². The van der Waals surface area contributed by atoms with Crippen LogP contribution >= 0.6 is 28.3 Å². The highest BCUT2D eigenvalue weighted by molar-refractivity contribution is 7.80. The second-order valence-electron chi connectivity index (χ2n) is 18.0. The molecule has 4 heterocycles. The standard InChI is InChI=1S/C38H72N2O31P2S/c39-5-7-62-72(56,57)63-12-16-20(45)26(51)34(70-36-29(54)22(47)18(43)13(9-41)64-36)38(67-16)60-11-15-19(44)23(48)30(55)37(66-15)68-31-14(10-42)65-35(17(40)21(31)46)69-32-27(52)24(49)25(50)28(53)33(32)71-73(58,59)61-6-3-1-2-4-8-74/h13-38,41-55,74H,1-12,39-40H2,(H,56,57)(H,58,59)/t13-,14-,15-,16-,17-,18-,19-,20-,21-,22+,23+,24-,25-,26+,27+,28-,29+,30+,31-,32-,33-,34+,35-,36-,37-,38+/m1/s1. The first-order valence-electron chi connectivity index (χ1n) is 23.4. The Labute approximate surface area is 427 Å². The van der Waals surface area contributed by atoms with Crippen LogP contribution in [0.25, 0.3) is 0 Å². The second kappa shape index (κ2) is 28.8. The normalized spacial score (nSPS) is 45.9. The average molecular weight is 1150 g/mol. The number of unbranched alkanes of at least 4 members (excludes halogenated alkanes) is 3. The number of hydrogen-bond donors (Lipinski definition) is 20. The Morgan fingerprint density at radius 2 is 0.905 bits per heavy atom. The third-order valence-corrected chi connectivity index (χ3v) is 15.1.